The minimum absolute atomic E-state index is 0.307. The van der Waals surface area contributed by atoms with Crippen LogP contribution in [0.2, 0.25) is 0 Å². The molecule has 16 heavy (non-hydrogen) atoms. The molecule has 0 aliphatic heterocycles. The number of ether oxygens (including phenoxy) is 1. The molecule has 1 aromatic rings. The normalized spacial score (nSPS) is 14.9. The lowest BCUT2D eigenvalue weighted by Gasteiger charge is -2.07. The van der Waals surface area contributed by atoms with Gasteiger partial charge in [0.25, 0.3) is 0 Å². The van der Waals surface area contributed by atoms with Gasteiger partial charge < -0.3 is 4.74 Å². The number of hydrogen-bond donors (Lipinski definition) is 0. The number of hydrogen-bond acceptors (Lipinski definition) is 4. The molecular formula is C12H16N2O2. The smallest absolute Gasteiger partial charge is 0.341 e. The number of rotatable bonds is 4. The van der Waals surface area contributed by atoms with Gasteiger partial charge in [0.15, 0.2) is 0 Å². The monoisotopic (exact) mass is 220 g/mol. The molecule has 4 heteroatoms. The maximum absolute atomic E-state index is 11.7. The molecule has 0 saturated heterocycles. The van der Waals surface area contributed by atoms with Gasteiger partial charge in [-0.25, -0.2) is 14.8 Å². The van der Waals surface area contributed by atoms with E-state index in [1.807, 2.05) is 6.92 Å². The van der Waals surface area contributed by atoms with Crippen molar-refractivity contribution in [3.63, 3.8) is 0 Å². The summed E-state index contributed by atoms with van der Waals surface area (Å²) in [7, 11) is 0. The molecule has 4 nitrogen and oxygen atoms in total. The predicted molar refractivity (Wildman–Crippen MR) is 59.2 cm³/mol. The summed E-state index contributed by atoms with van der Waals surface area (Å²) in [5.41, 5.74) is 1.37. The highest BCUT2D eigenvalue weighted by Gasteiger charge is 2.25. The fourth-order valence-electron chi connectivity index (χ4n) is 1.65. The molecule has 0 N–H and O–H groups in total. The summed E-state index contributed by atoms with van der Waals surface area (Å²) >= 11 is 0. The minimum Gasteiger partial charge on any atom is -0.462 e. The third-order valence-corrected chi connectivity index (χ3v) is 2.66. The Morgan fingerprint density at radius 1 is 1.56 bits per heavy atom. The summed E-state index contributed by atoms with van der Waals surface area (Å²) in [5, 5.41) is 0. The van der Waals surface area contributed by atoms with Crippen LogP contribution in [0, 0.1) is 12.8 Å². The van der Waals surface area contributed by atoms with E-state index in [1.54, 1.807) is 13.1 Å². The molecule has 1 aliphatic rings. The standard InChI is InChI=1S/C12H16N2O2/c1-3-16-12(15)10-7-13-8(2)14-11(10)6-9-4-5-9/h7,9H,3-6H2,1-2H3. The van der Waals surface area contributed by atoms with Gasteiger partial charge in [-0.1, -0.05) is 0 Å². The van der Waals surface area contributed by atoms with Crippen molar-refractivity contribution in [2.45, 2.75) is 33.1 Å². The van der Waals surface area contributed by atoms with Crippen LogP contribution in [0.1, 0.15) is 41.6 Å². The third-order valence-electron chi connectivity index (χ3n) is 2.66. The highest BCUT2D eigenvalue weighted by molar-refractivity contribution is 5.90. The van der Waals surface area contributed by atoms with Crippen molar-refractivity contribution >= 4 is 5.97 Å². The van der Waals surface area contributed by atoms with E-state index in [4.69, 9.17) is 4.74 Å². The lowest BCUT2D eigenvalue weighted by Crippen LogP contribution is -2.12. The number of esters is 1. The summed E-state index contributed by atoms with van der Waals surface area (Å²) in [6, 6.07) is 0. The molecule has 1 fully saturated rings. The summed E-state index contributed by atoms with van der Waals surface area (Å²) in [6.45, 7) is 4.02. The maximum Gasteiger partial charge on any atom is 0.341 e. The van der Waals surface area contributed by atoms with Crippen LogP contribution in [0.3, 0.4) is 0 Å². The van der Waals surface area contributed by atoms with Gasteiger partial charge in [-0.05, 0) is 39.0 Å². The van der Waals surface area contributed by atoms with E-state index in [9.17, 15) is 4.79 Å². The molecule has 86 valence electrons. The first-order valence-electron chi connectivity index (χ1n) is 5.70. The van der Waals surface area contributed by atoms with E-state index in [0.717, 1.165) is 12.1 Å². The van der Waals surface area contributed by atoms with Crippen LogP contribution in [0.4, 0.5) is 0 Å². The first-order valence-corrected chi connectivity index (χ1v) is 5.70. The molecule has 0 unspecified atom stereocenters. The molecular weight excluding hydrogens is 204 g/mol. The third kappa shape index (κ3) is 2.56. The molecule has 0 spiro atoms. The van der Waals surface area contributed by atoms with E-state index in [1.165, 1.54) is 12.8 Å². The van der Waals surface area contributed by atoms with Gasteiger partial charge in [-0.15, -0.1) is 0 Å². The topological polar surface area (TPSA) is 52.1 Å². The number of nitrogens with zero attached hydrogens (tertiary/aromatic N) is 2. The Labute approximate surface area is 95.1 Å². The van der Waals surface area contributed by atoms with E-state index >= 15 is 0 Å². The van der Waals surface area contributed by atoms with Crippen LogP contribution in [0.15, 0.2) is 6.20 Å². The largest absolute Gasteiger partial charge is 0.462 e. The van der Waals surface area contributed by atoms with E-state index in [0.29, 0.717) is 23.9 Å². The van der Waals surface area contributed by atoms with E-state index < -0.39 is 0 Å². The van der Waals surface area contributed by atoms with Crippen molar-refractivity contribution < 1.29 is 9.53 Å². The van der Waals surface area contributed by atoms with Crippen molar-refractivity contribution in [3.05, 3.63) is 23.3 Å². The van der Waals surface area contributed by atoms with Crippen molar-refractivity contribution in [1.82, 2.24) is 9.97 Å². The average Bonchev–Trinajstić information content (AvgIpc) is 3.02. The van der Waals surface area contributed by atoms with Crippen molar-refractivity contribution in [2.24, 2.45) is 5.92 Å². The van der Waals surface area contributed by atoms with Crippen LogP contribution in [0.25, 0.3) is 0 Å². The zero-order chi connectivity index (χ0) is 11.5. The van der Waals surface area contributed by atoms with Gasteiger partial charge in [0.05, 0.1) is 17.9 Å². The molecule has 0 amide bonds. The Bertz CT molecular complexity index is 400. The highest BCUT2D eigenvalue weighted by atomic mass is 16.5. The fourth-order valence-corrected chi connectivity index (χ4v) is 1.65. The first-order chi connectivity index (χ1) is 7.70. The van der Waals surface area contributed by atoms with Crippen LogP contribution >= 0.6 is 0 Å². The second-order valence-corrected chi connectivity index (χ2v) is 4.15. The quantitative estimate of drug-likeness (QED) is 0.727. The lowest BCUT2D eigenvalue weighted by molar-refractivity contribution is 0.0524. The van der Waals surface area contributed by atoms with Gasteiger partial charge in [0.1, 0.15) is 5.82 Å². The Balaban J connectivity index is 2.23. The van der Waals surface area contributed by atoms with Gasteiger partial charge in [0.2, 0.25) is 0 Å². The van der Waals surface area contributed by atoms with Crippen LogP contribution in [-0.2, 0) is 11.2 Å². The molecule has 1 heterocycles. The fraction of sp³-hybridized carbons (Fsp3) is 0.583. The molecule has 0 atom stereocenters. The molecule has 2 rings (SSSR count). The van der Waals surface area contributed by atoms with Gasteiger partial charge in [0, 0.05) is 6.20 Å². The van der Waals surface area contributed by atoms with Gasteiger partial charge in [-0.2, -0.15) is 0 Å². The Hall–Kier alpha value is -1.45. The van der Waals surface area contributed by atoms with E-state index in [2.05, 4.69) is 9.97 Å². The second kappa shape index (κ2) is 4.60. The van der Waals surface area contributed by atoms with Crippen molar-refractivity contribution in [3.8, 4) is 0 Å². The van der Waals surface area contributed by atoms with Crippen molar-refractivity contribution in [2.75, 3.05) is 6.61 Å². The molecule has 1 saturated carbocycles. The molecule has 0 aromatic carbocycles. The minimum atomic E-state index is -0.307. The Morgan fingerprint density at radius 2 is 2.31 bits per heavy atom. The summed E-state index contributed by atoms with van der Waals surface area (Å²) in [6.07, 6.45) is 4.94. The lowest BCUT2D eigenvalue weighted by atomic mass is 10.1. The molecule has 1 aliphatic carbocycles. The molecule has 0 radical (unpaired) electrons. The van der Waals surface area contributed by atoms with Crippen molar-refractivity contribution in [1.29, 1.82) is 0 Å². The number of aryl methyl sites for hydroxylation is 1. The average molecular weight is 220 g/mol. The molecule has 1 aromatic heterocycles. The number of aromatic nitrogens is 2. The maximum atomic E-state index is 11.7. The predicted octanol–water partition coefficient (Wildman–Crippen LogP) is 1.91. The highest BCUT2D eigenvalue weighted by Crippen LogP contribution is 2.32. The molecule has 0 bridgehead atoms. The Kier molecular flexibility index (Phi) is 3.17. The first kappa shape index (κ1) is 11.0. The number of carbonyl (C=O) groups excluding carboxylic acids is 1. The summed E-state index contributed by atoms with van der Waals surface area (Å²) in [4.78, 5) is 20.1. The van der Waals surface area contributed by atoms with E-state index in [-0.39, 0.29) is 5.97 Å². The summed E-state index contributed by atoms with van der Waals surface area (Å²) < 4.78 is 4.99. The van der Waals surface area contributed by atoms with Crippen LogP contribution in [0.5, 0.6) is 0 Å². The Morgan fingerprint density at radius 3 is 2.94 bits per heavy atom. The zero-order valence-electron chi connectivity index (χ0n) is 9.69. The van der Waals surface area contributed by atoms with Crippen LogP contribution in [-0.4, -0.2) is 22.5 Å². The van der Waals surface area contributed by atoms with Crippen LogP contribution < -0.4 is 0 Å². The van der Waals surface area contributed by atoms with Gasteiger partial charge in [-0.3, -0.25) is 0 Å². The SMILES string of the molecule is CCOC(=O)c1cnc(C)nc1CC1CC1. The second-order valence-electron chi connectivity index (χ2n) is 4.15. The van der Waals surface area contributed by atoms with Gasteiger partial charge >= 0.3 is 5.97 Å². The zero-order valence-corrected chi connectivity index (χ0v) is 9.69. The summed E-state index contributed by atoms with van der Waals surface area (Å²) in [5.74, 6) is 1.10. The number of carbonyl (C=O) groups is 1.